The molecular formula is C10H5ClN2. The van der Waals surface area contributed by atoms with Crippen LogP contribution in [0.5, 0.6) is 0 Å². The quantitative estimate of drug-likeness (QED) is 0.638. The smallest absolute Gasteiger partial charge is 0.101 e. The SMILES string of the molecule is N#Cc1cncc2ccc(Cl)cc12. The van der Waals surface area contributed by atoms with E-state index in [9.17, 15) is 0 Å². The molecule has 0 atom stereocenters. The third-order valence-corrected chi connectivity index (χ3v) is 2.08. The summed E-state index contributed by atoms with van der Waals surface area (Å²) >= 11 is 5.82. The summed E-state index contributed by atoms with van der Waals surface area (Å²) < 4.78 is 0. The van der Waals surface area contributed by atoms with E-state index >= 15 is 0 Å². The van der Waals surface area contributed by atoms with Crippen LogP contribution < -0.4 is 0 Å². The fourth-order valence-corrected chi connectivity index (χ4v) is 1.40. The first kappa shape index (κ1) is 8.03. The van der Waals surface area contributed by atoms with Crippen molar-refractivity contribution >= 4 is 22.4 Å². The first-order valence-corrected chi connectivity index (χ1v) is 4.12. The standard InChI is InChI=1S/C10H5ClN2/c11-9-2-1-7-5-13-6-8(4-12)10(7)3-9/h1-3,5-6H. The highest BCUT2D eigenvalue weighted by Gasteiger charge is 2.00. The van der Waals surface area contributed by atoms with Gasteiger partial charge in [-0.1, -0.05) is 17.7 Å². The molecule has 0 fully saturated rings. The number of hydrogen-bond donors (Lipinski definition) is 0. The van der Waals surface area contributed by atoms with Crippen LogP contribution in [0.1, 0.15) is 5.56 Å². The number of nitrogens with zero attached hydrogens (tertiary/aromatic N) is 2. The third-order valence-electron chi connectivity index (χ3n) is 1.84. The monoisotopic (exact) mass is 188 g/mol. The van der Waals surface area contributed by atoms with E-state index in [0.717, 1.165) is 10.8 Å². The highest BCUT2D eigenvalue weighted by Crippen LogP contribution is 2.20. The summed E-state index contributed by atoms with van der Waals surface area (Å²) in [6, 6.07) is 7.49. The lowest BCUT2D eigenvalue weighted by molar-refractivity contribution is 1.34. The number of hydrogen-bond acceptors (Lipinski definition) is 2. The molecule has 3 heteroatoms. The number of aromatic nitrogens is 1. The Morgan fingerprint density at radius 1 is 1.31 bits per heavy atom. The maximum Gasteiger partial charge on any atom is 0.101 e. The molecule has 13 heavy (non-hydrogen) atoms. The van der Waals surface area contributed by atoms with Crippen molar-refractivity contribution in [2.45, 2.75) is 0 Å². The molecule has 1 heterocycles. The average Bonchev–Trinajstić information content (AvgIpc) is 2.17. The van der Waals surface area contributed by atoms with Gasteiger partial charge in [-0.05, 0) is 12.1 Å². The summed E-state index contributed by atoms with van der Waals surface area (Å²) in [6.45, 7) is 0. The molecule has 1 aromatic heterocycles. The van der Waals surface area contributed by atoms with Crippen LogP contribution in [0, 0.1) is 11.3 Å². The molecule has 2 rings (SSSR count). The van der Waals surface area contributed by atoms with Crippen LogP contribution in [0.25, 0.3) is 10.8 Å². The van der Waals surface area contributed by atoms with Gasteiger partial charge in [0.2, 0.25) is 0 Å². The largest absolute Gasteiger partial charge is 0.263 e. The Morgan fingerprint density at radius 2 is 2.15 bits per heavy atom. The Morgan fingerprint density at radius 3 is 2.92 bits per heavy atom. The number of halogens is 1. The van der Waals surface area contributed by atoms with Gasteiger partial charge in [0.1, 0.15) is 6.07 Å². The second-order valence-corrected chi connectivity index (χ2v) is 3.10. The van der Waals surface area contributed by atoms with E-state index in [4.69, 9.17) is 16.9 Å². The topological polar surface area (TPSA) is 36.7 Å². The van der Waals surface area contributed by atoms with Gasteiger partial charge in [0, 0.05) is 28.2 Å². The third kappa shape index (κ3) is 1.34. The van der Waals surface area contributed by atoms with Crippen molar-refractivity contribution < 1.29 is 0 Å². The minimum atomic E-state index is 0.556. The van der Waals surface area contributed by atoms with E-state index in [1.54, 1.807) is 24.5 Å². The number of rotatable bonds is 0. The Balaban J connectivity index is 2.89. The van der Waals surface area contributed by atoms with E-state index < -0.39 is 0 Å². The molecule has 0 aliphatic heterocycles. The fourth-order valence-electron chi connectivity index (χ4n) is 1.23. The van der Waals surface area contributed by atoms with Crippen molar-refractivity contribution in [3.63, 3.8) is 0 Å². The van der Waals surface area contributed by atoms with Gasteiger partial charge in [-0.3, -0.25) is 4.98 Å². The molecule has 0 aliphatic rings. The maximum absolute atomic E-state index is 8.79. The Labute approximate surface area is 80.4 Å². The summed E-state index contributed by atoms with van der Waals surface area (Å²) in [5, 5.41) is 11.2. The van der Waals surface area contributed by atoms with Crippen molar-refractivity contribution in [1.29, 1.82) is 5.26 Å². The second kappa shape index (κ2) is 3.04. The molecular weight excluding hydrogens is 184 g/mol. The molecule has 0 aliphatic carbocycles. The van der Waals surface area contributed by atoms with E-state index in [2.05, 4.69) is 11.1 Å². The number of nitriles is 1. The van der Waals surface area contributed by atoms with E-state index in [0.29, 0.717) is 10.6 Å². The zero-order valence-electron chi connectivity index (χ0n) is 6.66. The number of pyridine rings is 1. The average molecular weight is 189 g/mol. The van der Waals surface area contributed by atoms with Crippen LogP contribution in [0.2, 0.25) is 5.02 Å². The molecule has 0 bridgehead atoms. The number of fused-ring (bicyclic) bond motifs is 1. The first-order chi connectivity index (χ1) is 6.31. The van der Waals surface area contributed by atoms with Crippen LogP contribution in [-0.4, -0.2) is 4.98 Å². The minimum absolute atomic E-state index is 0.556. The van der Waals surface area contributed by atoms with Crippen LogP contribution in [0.4, 0.5) is 0 Å². The molecule has 0 spiro atoms. The van der Waals surface area contributed by atoms with Crippen molar-refractivity contribution in [2.24, 2.45) is 0 Å². The Kier molecular flexibility index (Phi) is 1.88. The van der Waals surface area contributed by atoms with Crippen LogP contribution in [0.3, 0.4) is 0 Å². The van der Waals surface area contributed by atoms with E-state index in [-0.39, 0.29) is 0 Å². The number of benzene rings is 1. The Bertz CT molecular complexity index is 500. The minimum Gasteiger partial charge on any atom is -0.263 e. The fraction of sp³-hybridized carbons (Fsp3) is 0. The van der Waals surface area contributed by atoms with E-state index in [1.165, 1.54) is 0 Å². The predicted molar refractivity (Wildman–Crippen MR) is 51.5 cm³/mol. The molecule has 0 saturated heterocycles. The van der Waals surface area contributed by atoms with Gasteiger partial charge in [-0.15, -0.1) is 0 Å². The van der Waals surface area contributed by atoms with Gasteiger partial charge in [-0.2, -0.15) is 5.26 Å². The highest BCUT2D eigenvalue weighted by atomic mass is 35.5. The van der Waals surface area contributed by atoms with Gasteiger partial charge in [-0.25, -0.2) is 0 Å². The van der Waals surface area contributed by atoms with Gasteiger partial charge >= 0.3 is 0 Å². The highest BCUT2D eigenvalue weighted by molar-refractivity contribution is 6.31. The molecule has 62 valence electrons. The maximum atomic E-state index is 8.79. The van der Waals surface area contributed by atoms with Crippen LogP contribution >= 0.6 is 11.6 Å². The van der Waals surface area contributed by atoms with Gasteiger partial charge < -0.3 is 0 Å². The normalized spacial score (nSPS) is 9.85. The molecule has 0 N–H and O–H groups in total. The lowest BCUT2D eigenvalue weighted by Crippen LogP contribution is -1.81. The lowest BCUT2D eigenvalue weighted by Gasteiger charge is -1.98. The van der Waals surface area contributed by atoms with Crippen LogP contribution in [0.15, 0.2) is 30.6 Å². The summed E-state index contributed by atoms with van der Waals surface area (Å²) in [5.41, 5.74) is 0.556. The van der Waals surface area contributed by atoms with Gasteiger partial charge in [0.25, 0.3) is 0 Å². The molecule has 0 amide bonds. The molecule has 1 aromatic carbocycles. The first-order valence-electron chi connectivity index (χ1n) is 3.74. The molecule has 2 aromatic rings. The second-order valence-electron chi connectivity index (χ2n) is 2.66. The molecule has 2 nitrogen and oxygen atoms in total. The van der Waals surface area contributed by atoms with Gasteiger partial charge in [0.15, 0.2) is 0 Å². The van der Waals surface area contributed by atoms with Crippen molar-refractivity contribution in [3.05, 3.63) is 41.2 Å². The molecule has 0 saturated carbocycles. The zero-order valence-corrected chi connectivity index (χ0v) is 7.42. The summed E-state index contributed by atoms with van der Waals surface area (Å²) in [5.74, 6) is 0. The van der Waals surface area contributed by atoms with Gasteiger partial charge in [0.05, 0.1) is 5.56 Å². The predicted octanol–water partition coefficient (Wildman–Crippen LogP) is 2.76. The van der Waals surface area contributed by atoms with Crippen LogP contribution in [-0.2, 0) is 0 Å². The summed E-state index contributed by atoms with van der Waals surface area (Å²) in [6.07, 6.45) is 3.26. The van der Waals surface area contributed by atoms with Crippen molar-refractivity contribution in [3.8, 4) is 6.07 Å². The summed E-state index contributed by atoms with van der Waals surface area (Å²) in [4.78, 5) is 3.95. The molecule has 0 unspecified atom stereocenters. The van der Waals surface area contributed by atoms with E-state index in [1.807, 2.05) is 6.07 Å². The van der Waals surface area contributed by atoms with Crippen molar-refractivity contribution in [2.75, 3.05) is 0 Å². The molecule has 0 radical (unpaired) electrons. The summed E-state index contributed by atoms with van der Waals surface area (Å²) in [7, 11) is 0. The van der Waals surface area contributed by atoms with Crippen molar-refractivity contribution in [1.82, 2.24) is 4.98 Å². The lowest BCUT2D eigenvalue weighted by atomic mass is 10.1. The zero-order chi connectivity index (χ0) is 9.26. The Hall–Kier alpha value is -1.59.